The number of nitrogens with zero attached hydrogens (tertiary/aromatic N) is 1. The molecule has 0 saturated carbocycles. The Bertz CT molecular complexity index is 674. The summed E-state index contributed by atoms with van der Waals surface area (Å²) in [5, 5.41) is 12.2. The van der Waals surface area contributed by atoms with Crippen molar-refractivity contribution < 1.29 is 13.9 Å². The SMILES string of the molecule is COc1c(S(=O)CBr)cc([N+](=O)[O-])c2ccccc12. The van der Waals surface area contributed by atoms with E-state index >= 15 is 0 Å². The Morgan fingerprint density at radius 1 is 1.37 bits per heavy atom. The molecule has 0 radical (unpaired) electrons. The van der Waals surface area contributed by atoms with Gasteiger partial charge < -0.3 is 4.74 Å². The van der Waals surface area contributed by atoms with Gasteiger partial charge in [-0.15, -0.1) is 0 Å². The van der Waals surface area contributed by atoms with Gasteiger partial charge in [-0.1, -0.05) is 34.1 Å². The number of nitro benzene ring substituents is 1. The summed E-state index contributed by atoms with van der Waals surface area (Å²) < 4.78 is 17.4. The molecular weight excluding hydrogens is 334 g/mol. The van der Waals surface area contributed by atoms with Crippen LogP contribution >= 0.6 is 15.9 Å². The minimum Gasteiger partial charge on any atom is -0.495 e. The maximum absolute atomic E-state index is 12.0. The number of non-ortho nitro benzene ring substituents is 1. The highest BCUT2D eigenvalue weighted by Crippen LogP contribution is 2.38. The first-order chi connectivity index (χ1) is 9.10. The number of rotatable bonds is 4. The molecule has 0 N–H and O–H groups in total. The van der Waals surface area contributed by atoms with Gasteiger partial charge in [-0.05, 0) is 6.07 Å². The summed E-state index contributed by atoms with van der Waals surface area (Å²) in [6.07, 6.45) is 0. The highest BCUT2D eigenvalue weighted by molar-refractivity contribution is 9.10. The van der Waals surface area contributed by atoms with Crippen molar-refractivity contribution in [3.8, 4) is 5.75 Å². The van der Waals surface area contributed by atoms with E-state index in [0.717, 1.165) is 0 Å². The maximum atomic E-state index is 12.0. The fourth-order valence-electron chi connectivity index (χ4n) is 1.89. The number of ether oxygens (including phenoxy) is 1. The maximum Gasteiger partial charge on any atom is 0.278 e. The van der Waals surface area contributed by atoms with E-state index in [-0.39, 0.29) is 10.3 Å². The molecule has 0 aromatic heterocycles. The van der Waals surface area contributed by atoms with E-state index in [1.165, 1.54) is 13.2 Å². The van der Waals surface area contributed by atoms with Crippen molar-refractivity contribution in [1.82, 2.24) is 0 Å². The second-order valence-corrected chi connectivity index (χ2v) is 6.41. The van der Waals surface area contributed by atoms with Crippen LogP contribution < -0.4 is 4.74 Å². The molecule has 0 spiro atoms. The van der Waals surface area contributed by atoms with Crippen LogP contribution in [-0.2, 0) is 10.8 Å². The molecule has 2 aromatic carbocycles. The lowest BCUT2D eigenvalue weighted by Gasteiger charge is -2.11. The molecule has 0 saturated heterocycles. The lowest BCUT2D eigenvalue weighted by atomic mass is 10.1. The van der Waals surface area contributed by atoms with Crippen molar-refractivity contribution in [2.24, 2.45) is 0 Å². The minimum absolute atomic E-state index is 0.0688. The van der Waals surface area contributed by atoms with E-state index in [9.17, 15) is 14.3 Å². The third-order valence-corrected chi connectivity index (χ3v) is 4.92. The number of hydrogen-bond donors (Lipinski definition) is 0. The summed E-state index contributed by atoms with van der Waals surface area (Å²) in [5.41, 5.74) is -0.0688. The van der Waals surface area contributed by atoms with E-state index in [4.69, 9.17) is 4.74 Å². The molecule has 0 fully saturated rings. The summed E-state index contributed by atoms with van der Waals surface area (Å²) in [7, 11) is 0.0634. The molecule has 1 atom stereocenters. The molecule has 2 aromatic rings. The quantitative estimate of drug-likeness (QED) is 0.485. The van der Waals surface area contributed by atoms with Crippen LogP contribution in [0.1, 0.15) is 0 Å². The van der Waals surface area contributed by atoms with Crippen LogP contribution in [0.2, 0.25) is 0 Å². The third kappa shape index (κ3) is 2.48. The molecule has 19 heavy (non-hydrogen) atoms. The van der Waals surface area contributed by atoms with Gasteiger partial charge in [0.05, 0.1) is 37.8 Å². The van der Waals surface area contributed by atoms with Crippen LogP contribution in [0.4, 0.5) is 5.69 Å². The number of halogens is 1. The Hall–Kier alpha value is -1.47. The number of methoxy groups -OCH3 is 1. The van der Waals surface area contributed by atoms with Crippen LogP contribution in [-0.4, -0.2) is 20.9 Å². The summed E-state index contributed by atoms with van der Waals surface area (Å²) in [5.74, 6) is 0.416. The smallest absolute Gasteiger partial charge is 0.278 e. The minimum atomic E-state index is -1.40. The Kier molecular flexibility index (Phi) is 4.16. The van der Waals surface area contributed by atoms with Crippen molar-refractivity contribution in [3.05, 3.63) is 40.4 Å². The molecule has 0 bridgehead atoms. The van der Waals surface area contributed by atoms with Gasteiger partial charge >= 0.3 is 0 Å². The molecule has 0 aliphatic rings. The average Bonchev–Trinajstić information content (AvgIpc) is 2.44. The van der Waals surface area contributed by atoms with E-state index in [0.29, 0.717) is 21.4 Å². The number of alkyl halides is 1. The van der Waals surface area contributed by atoms with Crippen LogP contribution in [0.15, 0.2) is 35.2 Å². The second-order valence-electron chi connectivity index (χ2n) is 3.68. The average molecular weight is 344 g/mol. The first-order valence-corrected chi connectivity index (χ1v) is 7.72. The number of fused-ring (bicyclic) bond motifs is 1. The van der Waals surface area contributed by atoms with Gasteiger partial charge in [-0.2, -0.15) is 0 Å². The van der Waals surface area contributed by atoms with Crippen molar-refractivity contribution in [1.29, 1.82) is 0 Å². The molecule has 1 unspecified atom stereocenters. The Balaban J connectivity index is 2.90. The second kappa shape index (κ2) is 5.66. The zero-order valence-corrected chi connectivity index (χ0v) is 12.4. The summed E-state index contributed by atoms with van der Waals surface area (Å²) in [6.45, 7) is 0. The van der Waals surface area contributed by atoms with E-state index < -0.39 is 15.7 Å². The predicted molar refractivity (Wildman–Crippen MR) is 77.4 cm³/mol. The molecule has 0 aliphatic carbocycles. The predicted octanol–water partition coefficient (Wildman–Crippen LogP) is 3.22. The fourth-order valence-corrected chi connectivity index (χ4v) is 3.39. The van der Waals surface area contributed by atoms with Crippen molar-refractivity contribution in [2.75, 3.05) is 11.8 Å². The van der Waals surface area contributed by atoms with Gasteiger partial charge in [-0.25, -0.2) is 0 Å². The molecular formula is C12H10BrNO4S. The summed E-state index contributed by atoms with van der Waals surface area (Å²) in [6, 6.07) is 8.16. The van der Waals surface area contributed by atoms with Gasteiger partial charge in [0.1, 0.15) is 5.75 Å². The van der Waals surface area contributed by atoms with E-state index in [1.807, 2.05) is 0 Å². The zero-order valence-electron chi connectivity index (χ0n) is 9.96. The number of hydrogen-bond acceptors (Lipinski definition) is 4. The van der Waals surface area contributed by atoms with Crippen molar-refractivity contribution in [2.45, 2.75) is 4.90 Å². The molecule has 100 valence electrons. The van der Waals surface area contributed by atoms with Crippen LogP contribution in [0, 0.1) is 10.1 Å². The Morgan fingerprint density at radius 2 is 2.00 bits per heavy atom. The van der Waals surface area contributed by atoms with Crippen molar-refractivity contribution in [3.63, 3.8) is 0 Å². The first kappa shape index (κ1) is 14.0. The molecule has 0 amide bonds. The van der Waals surface area contributed by atoms with Gasteiger partial charge in [0.25, 0.3) is 5.69 Å². The monoisotopic (exact) mass is 343 g/mol. The highest BCUT2D eigenvalue weighted by Gasteiger charge is 2.21. The topological polar surface area (TPSA) is 69.4 Å². The zero-order chi connectivity index (χ0) is 14.0. The third-order valence-electron chi connectivity index (χ3n) is 2.68. The normalized spacial score (nSPS) is 12.3. The lowest BCUT2D eigenvalue weighted by molar-refractivity contribution is -0.383. The summed E-state index contributed by atoms with van der Waals surface area (Å²) in [4.78, 5) is 11.0. The van der Waals surface area contributed by atoms with Gasteiger partial charge in [0, 0.05) is 11.5 Å². The van der Waals surface area contributed by atoms with Crippen LogP contribution in [0.3, 0.4) is 0 Å². The largest absolute Gasteiger partial charge is 0.495 e. The van der Waals surface area contributed by atoms with Crippen LogP contribution in [0.5, 0.6) is 5.75 Å². The Labute approximate surface area is 120 Å². The van der Waals surface area contributed by atoms with Gasteiger partial charge in [0.2, 0.25) is 0 Å². The molecule has 5 nitrogen and oxygen atoms in total. The van der Waals surface area contributed by atoms with Crippen LogP contribution in [0.25, 0.3) is 10.8 Å². The molecule has 7 heteroatoms. The fraction of sp³-hybridized carbons (Fsp3) is 0.167. The number of nitro groups is 1. The molecule has 0 heterocycles. The number of benzene rings is 2. The van der Waals surface area contributed by atoms with Gasteiger partial charge in [0.15, 0.2) is 0 Å². The summed E-state index contributed by atoms with van der Waals surface area (Å²) >= 11 is 3.11. The van der Waals surface area contributed by atoms with Gasteiger partial charge in [-0.3, -0.25) is 14.3 Å². The highest BCUT2D eigenvalue weighted by atomic mass is 79.9. The molecule has 0 aliphatic heterocycles. The standard InChI is InChI=1S/C12H10BrNO4S/c1-18-12-9-5-3-2-4-8(9)10(14(15)16)6-11(12)19(17)7-13/h2-6H,7H2,1H3. The van der Waals surface area contributed by atoms with E-state index in [2.05, 4.69) is 15.9 Å². The van der Waals surface area contributed by atoms with Crippen molar-refractivity contribution >= 4 is 43.2 Å². The van der Waals surface area contributed by atoms with E-state index in [1.54, 1.807) is 24.3 Å². The first-order valence-electron chi connectivity index (χ1n) is 5.28. The lowest BCUT2D eigenvalue weighted by Crippen LogP contribution is -2.00. The Morgan fingerprint density at radius 3 is 2.53 bits per heavy atom. The molecule has 2 rings (SSSR count).